The van der Waals surface area contributed by atoms with E-state index in [0.717, 1.165) is 35.4 Å². The summed E-state index contributed by atoms with van der Waals surface area (Å²) in [6.07, 6.45) is -3.07. The molecule has 18 nitrogen and oxygen atoms in total. The summed E-state index contributed by atoms with van der Waals surface area (Å²) in [5.41, 5.74) is 5.18. The van der Waals surface area contributed by atoms with Gasteiger partial charge in [-0.2, -0.15) is 17.6 Å². The third kappa shape index (κ3) is 26.7. The lowest BCUT2D eigenvalue weighted by atomic mass is 9.98. The molecule has 0 aliphatic heterocycles. The molecule has 12 aromatic rings. The van der Waals surface area contributed by atoms with Gasteiger partial charge in [-0.15, -0.1) is 0 Å². The molecule has 0 amide bonds. The van der Waals surface area contributed by atoms with Crippen molar-refractivity contribution in [2.75, 3.05) is 0 Å². The fourth-order valence-corrected chi connectivity index (χ4v) is 10.9. The number of alkyl halides is 4. The predicted octanol–water partition coefficient (Wildman–Crippen LogP) is 23.9. The second-order valence-electron chi connectivity index (χ2n) is 27.2. The zero-order valence-corrected chi connectivity index (χ0v) is 68.7. The number of halogens is 8. The van der Waals surface area contributed by atoms with Crippen LogP contribution in [0.25, 0.3) is 66.8 Å². The Hall–Kier alpha value is -16.6. The van der Waals surface area contributed by atoms with Gasteiger partial charge in [0.05, 0.1) is 11.1 Å². The van der Waals surface area contributed by atoms with E-state index >= 15 is 0 Å². The molecule has 0 spiro atoms. The SMILES string of the molecule is C=C(C)C(=O)Oc1ccc(-c2ccc(-c3ccc(OC(=O)C(=C)C)cc3)c(F)c2F)cc1.C=C(C)C(=O)Oc1ccc(OC(F)(F)c2ccc(-c3ccc(OC(=O)C(=C)C)cc3)cc2)cc1.C=CC(=O)Oc1ccc(-c2ccc(-c3ccc(OC(=O)C=C)cc3)c(F)c2F)cc1.C=CC(=O)Oc1ccc(OC(F)(F)c2ccc(-c3ccc(OC(=O)C=C)cc3)cc2)cc1. The third-order valence-corrected chi connectivity index (χ3v) is 17.6. The molecule has 26 heteroatoms. The average Bonchev–Trinajstić information content (AvgIpc) is 0.796. The summed E-state index contributed by atoms with van der Waals surface area (Å²) in [6, 6.07) is 64.9. The van der Waals surface area contributed by atoms with E-state index in [1.54, 1.807) is 67.6 Å². The van der Waals surface area contributed by atoms with Crippen molar-refractivity contribution in [2.24, 2.45) is 0 Å². The van der Waals surface area contributed by atoms with Crippen molar-refractivity contribution >= 4 is 47.8 Å². The molecule has 0 aliphatic carbocycles. The highest BCUT2D eigenvalue weighted by Gasteiger charge is 2.36. The Kier molecular flexibility index (Phi) is 32.7. The highest BCUT2D eigenvalue weighted by atomic mass is 19.3. The molecule has 648 valence electrons. The highest BCUT2D eigenvalue weighted by molar-refractivity contribution is 5.91. The van der Waals surface area contributed by atoms with Gasteiger partial charge in [0.2, 0.25) is 0 Å². The minimum Gasteiger partial charge on any atom is -0.429 e. The molecular formula is C102H76F8O18. The Morgan fingerprint density at radius 2 is 0.375 bits per heavy atom. The number of hydrogen-bond donors (Lipinski definition) is 0. The molecular weight excluding hydrogens is 1670 g/mol. The fraction of sp³-hybridized carbons (Fsp3) is 0.0588. The topological polar surface area (TPSA) is 229 Å². The van der Waals surface area contributed by atoms with Gasteiger partial charge in [0.25, 0.3) is 0 Å². The first-order valence-electron chi connectivity index (χ1n) is 38.0. The van der Waals surface area contributed by atoms with Crippen molar-refractivity contribution in [3.63, 3.8) is 0 Å². The second kappa shape index (κ2) is 43.9. The molecule has 0 bridgehead atoms. The van der Waals surface area contributed by atoms with Crippen LogP contribution in [-0.2, 0) is 50.6 Å². The van der Waals surface area contributed by atoms with Crippen LogP contribution in [-0.4, -0.2) is 47.8 Å². The first-order valence-corrected chi connectivity index (χ1v) is 38.0. The summed E-state index contributed by atoms with van der Waals surface area (Å²) in [5, 5.41) is 0. The molecule has 0 radical (unpaired) electrons. The maximum absolute atomic E-state index is 14.8. The molecule has 0 heterocycles. The summed E-state index contributed by atoms with van der Waals surface area (Å²) in [4.78, 5) is 91.1. The molecule has 0 saturated carbocycles. The fourth-order valence-electron chi connectivity index (χ4n) is 10.9. The minimum absolute atomic E-state index is 0.0642. The van der Waals surface area contributed by atoms with E-state index < -0.39 is 83.2 Å². The Morgan fingerprint density at radius 3 is 0.547 bits per heavy atom. The Balaban J connectivity index is 0.000000193. The second-order valence-corrected chi connectivity index (χ2v) is 27.2. The number of rotatable bonds is 28. The van der Waals surface area contributed by atoms with Crippen molar-refractivity contribution in [3.05, 3.63) is 401 Å². The van der Waals surface area contributed by atoms with Crippen LogP contribution in [0.2, 0.25) is 0 Å². The van der Waals surface area contributed by atoms with Crippen molar-refractivity contribution in [2.45, 2.75) is 39.9 Å². The molecule has 0 saturated heterocycles. The van der Waals surface area contributed by atoms with Gasteiger partial charge in [-0.25, -0.2) is 55.9 Å². The van der Waals surface area contributed by atoms with Gasteiger partial charge in [0.15, 0.2) is 23.3 Å². The Labute approximate surface area is 729 Å². The van der Waals surface area contributed by atoms with Crippen LogP contribution in [0.3, 0.4) is 0 Å². The predicted molar refractivity (Wildman–Crippen MR) is 465 cm³/mol. The number of esters is 8. The molecule has 0 N–H and O–H groups in total. The highest BCUT2D eigenvalue weighted by Crippen LogP contribution is 2.40. The quantitative estimate of drug-likeness (QED) is 0.0192. The van der Waals surface area contributed by atoms with E-state index in [4.69, 9.17) is 47.4 Å². The van der Waals surface area contributed by atoms with Gasteiger partial charge in [0, 0.05) is 68.9 Å². The third-order valence-electron chi connectivity index (χ3n) is 17.6. The average molecular weight is 1740 g/mol. The van der Waals surface area contributed by atoms with Crippen molar-refractivity contribution in [1.82, 2.24) is 0 Å². The Morgan fingerprint density at radius 1 is 0.227 bits per heavy atom. The van der Waals surface area contributed by atoms with Crippen LogP contribution in [0.4, 0.5) is 35.1 Å². The summed E-state index contributed by atoms with van der Waals surface area (Å²) in [6.45, 7) is 33.3. The zero-order valence-electron chi connectivity index (χ0n) is 68.7. The first-order chi connectivity index (χ1) is 60.9. The van der Waals surface area contributed by atoms with E-state index in [2.05, 4.69) is 52.6 Å². The van der Waals surface area contributed by atoms with Crippen molar-refractivity contribution < 1.29 is 121 Å². The summed E-state index contributed by atoms with van der Waals surface area (Å²) < 4.78 is 168. The molecule has 0 aliphatic rings. The lowest BCUT2D eigenvalue weighted by molar-refractivity contribution is -0.186. The van der Waals surface area contributed by atoms with Crippen LogP contribution < -0.4 is 47.4 Å². The number of carbonyl (C=O) groups excluding carboxylic acids is 8. The van der Waals surface area contributed by atoms with E-state index in [9.17, 15) is 73.5 Å². The number of benzene rings is 12. The van der Waals surface area contributed by atoms with Gasteiger partial charge < -0.3 is 47.4 Å². The lowest BCUT2D eigenvalue weighted by Gasteiger charge is -2.19. The van der Waals surface area contributed by atoms with E-state index in [1.165, 1.54) is 227 Å². The molecule has 12 rings (SSSR count). The Bertz CT molecular complexity index is 5990. The minimum atomic E-state index is -3.59. The van der Waals surface area contributed by atoms with Crippen molar-refractivity contribution in [1.29, 1.82) is 0 Å². The van der Waals surface area contributed by atoms with Crippen LogP contribution in [0.15, 0.2) is 366 Å². The van der Waals surface area contributed by atoms with Crippen molar-refractivity contribution in [3.8, 4) is 124 Å². The summed E-state index contributed by atoms with van der Waals surface area (Å²) in [7, 11) is 0. The van der Waals surface area contributed by atoms with Gasteiger partial charge in [-0.1, -0.05) is 174 Å². The standard InChI is InChI=1S/C27H22F2O5.C26H20F2O4.C25H18F2O5.C24H16F2O4/c1-17(2)25(30)32-22-11-7-20(8-12-22)19-5-9-21(10-6-19)27(28,29)34-24-15-13-23(14-16-24)33-26(31)18(3)4;1-15(2)25(29)31-19-9-5-17(6-10-19)21-13-14-22(24(28)23(21)27)18-7-11-20(12-8-18)32-26(30)16(3)4;1-3-23(28)30-20-11-7-18(8-12-20)17-5-9-19(10-6-17)25(26,27)32-22-15-13-21(14-16-22)31-24(29)4-2;1-3-21(27)29-17-9-5-15(6-10-17)19-13-14-20(24(26)23(19)25)16-7-11-18(12-8-16)30-22(28)4-2/h5-16H,1,3H2,2,4H3;5-14H,1,3H2,2,4H3;3-16H,1-2H2;3-14H,1-2H2. The maximum Gasteiger partial charge on any atom is 0.426 e. The van der Waals surface area contributed by atoms with E-state index in [0.29, 0.717) is 44.9 Å². The first kappa shape index (κ1) is 95.2. The van der Waals surface area contributed by atoms with Crippen LogP contribution in [0, 0.1) is 23.3 Å². The van der Waals surface area contributed by atoms with Crippen LogP contribution in [0.5, 0.6) is 57.5 Å². The van der Waals surface area contributed by atoms with Gasteiger partial charge in [-0.3, -0.25) is 0 Å². The smallest absolute Gasteiger partial charge is 0.426 e. The molecule has 0 fully saturated rings. The van der Waals surface area contributed by atoms with Crippen LogP contribution >= 0.6 is 0 Å². The van der Waals surface area contributed by atoms with E-state index in [1.807, 2.05) is 0 Å². The maximum atomic E-state index is 14.8. The summed E-state index contributed by atoms with van der Waals surface area (Å²) in [5.74, 6) is -6.82. The van der Waals surface area contributed by atoms with Gasteiger partial charge >= 0.3 is 60.0 Å². The van der Waals surface area contributed by atoms with Gasteiger partial charge in [-0.05, 0) is 218 Å². The zero-order chi connectivity index (χ0) is 93.1. The monoisotopic (exact) mass is 1740 g/mol. The number of carbonyl (C=O) groups is 8. The lowest BCUT2D eigenvalue weighted by Crippen LogP contribution is -2.21. The van der Waals surface area contributed by atoms with E-state index in [-0.39, 0.29) is 102 Å². The molecule has 0 atom stereocenters. The molecule has 0 unspecified atom stereocenters. The number of hydrogen-bond acceptors (Lipinski definition) is 18. The molecule has 128 heavy (non-hydrogen) atoms. The summed E-state index contributed by atoms with van der Waals surface area (Å²) >= 11 is 0. The normalized spacial score (nSPS) is 10.5. The van der Waals surface area contributed by atoms with Crippen LogP contribution in [0.1, 0.15) is 38.8 Å². The largest absolute Gasteiger partial charge is 0.429 e. The number of ether oxygens (including phenoxy) is 10. The van der Waals surface area contributed by atoms with Gasteiger partial charge in [0.1, 0.15) is 57.5 Å². The molecule has 12 aromatic carbocycles. The molecule has 0 aromatic heterocycles.